The molecule has 0 heterocycles. The Morgan fingerprint density at radius 3 is 0.973 bits per heavy atom. The van der Waals surface area contributed by atoms with Gasteiger partial charge in [0.15, 0.2) is 0 Å². The molecular weight excluding hydrogens is 484 g/mol. The van der Waals surface area contributed by atoms with E-state index in [1.807, 2.05) is 0 Å². The predicted molar refractivity (Wildman–Crippen MR) is 166 cm³/mol. The Labute approximate surface area is 224 Å². The zero-order valence-electron chi connectivity index (χ0n) is 21.7. The van der Waals surface area contributed by atoms with Crippen LogP contribution in [-0.4, -0.2) is 0 Å². The predicted octanol–water partition coefficient (Wildman–Crippen LogP) is 7.89. The summed E-state index contributed by atoms with van der Waals surface area (Å²) >= 11 is 0. The van der Waals surface area contributed by atoms with E-state index >= 15 is 0 Å². The molecule has 0 spiro atoms. The largest absolute Gasteiger partial charge is 0.313 e. The summed E-state index contributed by atoms with van der Waals surface area (Å²) in [5.74, 6) is 0. The summed E-state index contributed by atoms with van der Waals surface area (Å²) in [6.45, 7) is 6.84. The maximum atomic E-state index is 2.73. The molecular formula is C34H33NP2. The second-order valence-corrected chi connectivity index (χ2v) is 14.5. The number of rotatable bonds is 7. The van der Waals surface area contributed by atoms with E-state index in [2.05, 4.69) is 171 Å². The molecule has 1 nitrogen and oxygen atoms in total. The van der Waals surface area contributed by atoms with Crippen LogP contribution in [0, 0.1) is 0 Å². The van der Waals surface area contributed by atoms with Gasteiger partial charge in [0.25, 0.3) is 0 Å². The van der Waals surface area contributed by atoms with Crippen molar-refractivity contribution in [3.05, 3.63) is 151 Å². The summed E-state index contributed by atoms with van der Waals surface area (Å²) < 4.78 is 2.73. The highest BCUT2D eigenvalue weighted by molar-refractivity contribution is 7.90. The number of nitrogens with zero attached hydrogens (tertiary/aromatic N) is 1. The summed E-state index contributed by atoms with van der Waals surface area (Å²) in [6, 6.07) is 53.4. The molecule has 0 aromatic heterocycles. The van der Waals surface area contributed by atoms with Gasteiger partial charge in [0.2, 0.25) is 0 Å². The van der Waals surface area contributed by atoms with Crippen molar-refractivity contribution in [3.8, 4) is 0 Å². The summed E-state index contributed by atoms with van der Waals surface area (Å²) in [5, 5.41) is 5.40. The Morgan fingerprint density at radius 2 is 0.703 bits per heavy atom. The standard InChI is InChI=1S/C34H33NP2/c1-34(2,3)28-24-26-29(27-25-28)35(36(30-16-8-4-9-17-30)31-18-10-5-11-19-31)37(32-20-12-6-13-21-32)33-22-14-7-15-23-33/h4-27H,1-3H3. The normalized spacial score (nSPS) is 11.6. The van der Waals surface area contributed by atoms with Gasteiger partial charge < -0.3 is 4.44 Å². The van der Waals surface area contributed by atoms with Crippen molar-refractivity contribution in [3.63, 3.8) is 0 Å². The van der Waals surface area contributed by atoms with Crippen LogP contribution in [0.4, 0.5) is 5.69 Å². The quantitative estimate of drug-likeness (QED) is 0.199. The lowest BCUT2D eigenvalue weighted by molar-refractivity contribution is 0.590. The second kappa shape index (κ2) is 11.4. The topological polar surface area (TPSA) is 3.24 Å². The van der Waals surface area contributed by atoms with Gasteiger partial charge >= 0.3 is 0 Å². The fourth-order valence-electron chi connectivity index (χ4n) is 4.43. The minimum atomic E-state index is -0.853. The van der Waals surface area contributed by atoms with Crippen LogP contribution in [0.2, 0.25) is 0 Å². The lowest BCUT2D eigenvalue weighted by Crippen LogP contribution is -2.31. The Balaban J connectivity index is 1.78. The zero-order valence-corrected chi connectivity index (χ0v) is 23.5. The maximum absolute atomic E-state index is 2.73. The van der Waals surface area contributed by atoms with Crippen molar-refractivity contribution in [2.24, 2.45) is 0 Å². The average Bonchev–Trinajstić information content (AvgIpc) is 2.95. The van der Waals surface area contributed by atoms with E-state index in [0.717, 1.165) is 0 Å². The first-order valence-electron chi connectivity index (χ1n) is 12.7. The molecule has 0 bridgehead atoms. The van der Waals surface area contributed by atoms with Gasteiger partial charge in [-0.2, -0.15) is 0 Å². The molecule has 0 atom stereocenters. The van der Waals surface area contributed by atoms with Crippen molar-refractivity contribution >= 4 is 43.1 Å². The van der Waals surface area contributed by atoms with E-state index in [-0.39, 0.29) is 5.41 Å². The third-order valence-electron chi connectivity index (χ3n) is 6.35. The van der Waals surface area contributed by atoms with Crippen LogP contribution in [0.15, 0.2) is 146 Å². The molecule has 37 heavy (non-hydrogen) atoms. The molecule has 5 aromatic rings. The van der Waals surface area contributed by atoms with E-state index in [0.29, 0.717) is 0 Å². The molecule has 0 aliphatic rings. The molecule has 0 saturated heterocycles. The van der Waals surface area contributed by atoms with Crippen molar-refractivity contribution in [1.82, 2.24) is 0 Å². The fourth-order valence-corrected chi connectivity index (χ4v) is 10.4. The van der Waals surface area contributed by atoms with Crippen LogP contribution in [0.1, 0.15) is 26.3 Å². The molecule has 0 radical (unpaired) electrons. The number of hydrogen-bond donors (Lipinski definition) is 0. The van der Waals surface area contributed by atoms with E-state index in [9.17, 15) is 0 Å². The summed E-state index contributed by atoms with van der Waals surface area (Å²) in [7, 11) is -1.71. The minimum absolute atomic E-state index is 0.108. The Kier molecular flexibility index (Phi) is 7.85. The van der Waals surface area contributed by atoms with Crippen molar-refractivity contribution < 1.29 is 0 Å². The second-order valence-electron chi connectivity index (χ2n) is 10.1. The van der Waals surface area contributed by atoms with Gasteiger partial charge in [0, 0.05) is 26.9 Å². The van der Waals surface area contributed by atoms with Crippen LogP contribution < -0.4 is 25.7 Å². The molecule has 0 saturated carbocycles. The van der Waals surface area contributed by atoms with E-state index in [1.54, 1.807) is 0 Å². The first-order valence-corrected chi connectivity index (χ1v) is 15.3. The number of anilines is 1. The van der Waals surface area contributed by atoms with E-state index in [1.165, 1.54) is 32.5 Å². The molecule has 3 heteroatoms. The molecule has 0 fully saturated rings. The third-order valence-corrected chi connectivity index (χ3v) is 11.8. The number of benzene rings is 5. The smallest absolute Gasteiger partial charge is 0.0590 e. The van der Waals surface area contributed by atoms with Gasteiger partial charge in [0.05, 0.1) is 16.1 Å². The van der Waals surface area contributed by atoms with Gasteiger partial charge in [-0.05, 0) is 23.1 Å². The SMILES string of the molecule is CC(C)(C)c1ccc(N(P(c2ccccc2)c2ccccc2)P(c2ccccc2)c2ccccc2)cc1. The Hall–Kier alpha value is -3.24. The monoisotopic (exact) mass is 517 g/mol. The number of hydrogen-bond acceptors (Lipinski definition) is 1. The fraction of sp³-hybridized carbons (Fsp3) is 0.118. The molecule has 184 valence electrons. The zero-order chi connectivity index (χ0) is 25.7. The van der Waals surface area contributed by atoms with Gasteiger partial charge in [-0.1, -0.05) is 154 Å². The molecule has 0 N–H and O–H groups in total. The van der Waals surface area contributed by atoms with Gasteiger partial charge in [0.1, 0.15) is 0 Å². The van der Waals surface area contributed by atoms with Crippen LogP contribution >= 0.6 is 16.1 Å². The highest BCUT2D eigenvalue weighted by atomic mass is 31.2. The summed E-state index contributed by atoms with van der Waals surface area (Å²) in [6.07, 6.45) is 0. The van der Waals surface area contributed by atoms with Crippen molar-refractivity contribution in [2.75, 3.05) is 4.44 Å². The molecule has 0 aliphatic heterocycles. The lowest BCUT2D eigenvalue weighted by Gasteiger charge is -2.41. The minimum Gasteiger partial charge on any atom is -0.313 e. The van der Waals surface area contributed by atoms with E-state index < -0.39 is 16.1 Å². The highest BCUT2D eigenvalue weighted by Crippen LogP contribution is 2.57. The van der Waals surface area contributed by atoms with Crippen LogP contribution in [0.25, 0.3) is 0 Å². The Morgan fingerprint density at radius 1 is 0.405 bits per heavy atom. The van der Waals surface area contributed by atoms with Crippen LogP contribution in [0.5, 0.6) is 0 Å². The Bertz CT molecular complexity index is 1220. The lowest BCUT2D eigenvalue weighted by atomic mass is 9.87. The van der Waals surface area contributed by atoms with Crippen LogP contribution in [-0.2, 0) is 5.41 Å². The molecule has 5 aromatic carbocycles. The first kappa shape index (κ1) is 25.4. The summed E-state index contributed by atoms with van der Waals surface area (Å²) in [5.41, 5.74) is 2.71. The maximum Gasteiger partial charge on any atom is 0.0590 e. The van der Waals surface area contributed by atoms with Crippen LogP contribution in [0.3, 0.4) is 0 Å². The molecule has 0 amide bonds. The van der Waals surface area contributed by atoms with E-state index in [4.69, 9.17) is 0 Å². The third kappa shape index (κ3) is 5.86. The molecule has 0 aliphatic carbocycles. The average molecular weight is 518 g/mol. The van der Waals surface area contributed by atoms with Gasteiger partial charge in [-0.25, -0.2) is 0 Å². The summed E-state index contributed by atoms with van der Waals surface area (Å²) in [4.78, 5) is 0. The van der Waals surface area contributed by atoms with Crippen molar-refractivity contribution in [1.29, 1.82) is 0 Å². The van der Waals surface area contributed by atoms with Gasteiger partial charge in [-0.3, -0.25) is 0 Å². The highest BCUT2D eigenvalue weighted by Gasteiger charge is 2.32. The molecule has 5 rings (SSSR count). The first-order chi connectivity index (χ1) is 18.0. The van der Waals surface area contributed by atoms with Crippen molar-refractivity contribution in [2.45, 2.75) is 26.2 Å². The van der Waals surface area contributed by atoms with Gasteiger partial charge in [-0.15, -0.1) is 0 Å². The molecule has 0 unspecified atom stereocenters.